The van der Waals surface area contributed by atoms with Crippen LogP contribution in [0.1, 0.15) is 22.8 Å². The van der Waals surface area contributed by atoms with Gasteiger partial charge in [0.2, 0.25) is 0 Å². The minimum absolute atomic E-state index is 0.0827. The fraction of sp³-hybridized carbons (Fsp3) is 0.188. The van der Waals surface area contributed by atoms with E-state index >= 15 is 0 Å². The second kappa shape index (κ2) is 6.35. The third-order valence-corrected chi connectivity index (χ3v) is 3.07. The average Bonchev–Trinajstić information content (AvgIpc) is 2.43. The number of rotatable bonds is 5. The lowest BCUT2D eigenvalue weighted by molar-refractivity contribution is 0.0696. The molecule has 1 unspecified atom stereocenters. The molecule has 3 nitrogen and oxygen atoms in total. The Morgan fingerprint density at radius 3 is 2.43 bits per heavy atom. The van der Waals surface area contributed by atoms with Crippen molar-refractivity contribution in [2.45, 2.75) is 19.4 Å². The monoisotopic (exact) mass is 291 g/mol. The summed E-state index contributed by atoms with van der Waals surface area (Å²) in [5.74, 6) is -2.07. The summed E-state index contributed by atoms with van der Waals surface area (Å²) < 4.78 is 26.6. The number of halogens is 2. The van der Waals surface area contributed by atoms with Gasteiger partial charge in [-0.1, -0.05) is 12.1 Å². The number of benzene rings is 2. The second-order valence-corrected chi connectivity index (χ2v) is 4.88. The highest BCUT2D eigenvalue weighted by Gasteiger charge is 2.11. The number of aromatic carboxylic acids is 1. The van der Waals surface area contributed by atoms with Crippen LogP contribution in [-0.2, 0) is 6.42 Å². The largest absolute Gasteiger partial charge is 0.478 e. The van der Waals surface area contributed by atoms with Crippen LogP contribution in [0.25, 0.3) is 0 Å². The Morgan fingerprint density at radius 1 is 1.19 bits per heavy atom. The number of anilines is 1. The molecule has 0 amide bonds. The minimum Gasteiger partial charge on any atom is -0.478 e. The third-order valence-electron chi connectivity index (χ3n) is 3.07. The van der Waals surface area contributed by atoms with Gasteiger partial charge in [0.15, 0.2) is 0 Å². The van der Waals surface area contributed by atoms with Gasteiger partial charge in [-0.3, -0.25) is 0 Å². The number of hydrogen-bond donors (Lipinski definition) is 2. The molecule has 0 spiro atoms. The quantitative estimate of drug-likeness (QED) is 0.883. The van der Waals surface area contributed by atoms with Gasteiger partial charge < -0.3 is 10.4 Å². The van der Waals surface area contributed by atoms with E-state index in [4.69, 9.17) is 5.11 Å². The maximum Gasteiger partial charge on any atom is 0.335 e. The van der Waals surface area contributed by atoms with Gasteiger partial charge in [0.25, 0.3) is 0 Å². The molecular weight excluding hydrogens is 276 g/mol. The lowest BCUT2D eigenvalue weighted by Gasteiger charge is -2.16. The maximum absolute atomic E-state index is 13.8. The lowest BCUT2D eigenvalue weighted by Crippen LogP contribution is -2.19. The zero-order valence-electron chi connectivity index (χ0n) is 11.4. The van der Waals surface area contributed by atoms with Crippen molar-refractivity contribution in [2.24, 2.45) is 0 Å². The molecular formula is C16H15F2NO2. The highest BCUT2D eigenvalue weighted by molar-refractivity contribution is 5.88. The van der Waals surface area contributed by atoms with Crippen LogP contribution in [0.2, 0.25) is 0 Å². The van der Waals surface area contributed by atoms with Crippen molar-refractivity contribution in [3.63, 3.8) is 0 Å². The fourth-order valence-corrected chi connectivity index (χ4v) is 2.06. The van der Waals surface area contributed by atoms with Crippen molar-refractivity contribution in [1.29, 1.82) is 0 Å². The first kappa shape index (κ1) is 15.0. The van der Waals surface area contributed by atoms with Crippen LogP contribution < -0.4 is 5.32 Å². The van der Waals surface area contributed by atoms with Crippen molar-refractivity contribution in [1.82, 2.24) is 0 Å². The van der Waals surface area contributed by atoms with Gasteiger partial charge in [-0.15, -0.1) is 0 Å². The number of hydrogen-bond acceptors (Lipinski definition) is 2. The van der Waals surface area contributed by atoms with Gasteiger partial charge in [-0.2, -0.15) is 0 Å². The highest BCUT2D eigenvalue weighted by atomic mass is 19.1. The van der Waals surface area contributed by atoms with Crippen LogP contribution in [0.4, 0.5) is 14.5 Å². The number of nitrogens with one attached hydrogen (secondary N) is 1. The topological polar surface area (TPSA) is 49.3 Å². The summed E-state index contributed by atoms with van der Waals surface area (Å²) in [7, 11) is 0. The van der Waals surface area contributed by atoms with Gasteiger partial charge >= 0.3 is 5.97 Å². The Morgan fingerprint density at radius 2 is 1.86 bits per heavy atom. The molecule has 110 valence electrons. The molecule has 0 aliphatic carbocycles. The molecule has 0 bridgehead atoms. The smallest absolute Gasteiger partial charge is 0.335 e. The van der Waals surface area contributed by atoms with Crippen LogP contribution in [0.5, 0.6) is 0 Å². The number of carboxylic acids is 1. The molecule has 0 aliphatic heterocycles. The third kappa shape index (κ3) is 4.02. The number of carbonyl (C=O) groups is 1. The van der Waals surface area contributed by atoms with E-state index in [-0.39, 0.29) is 23.1 Å². The van der Waals surface area contributed by atoms with Gasteiger partial charge in [0, 0.05) is 6.04 Å². The van der Waals surface area contributed by atoms with Crippen molar-refractivity contribution in [2.75, 3.05) is 5.32 Å². The highest BCUT2D eigenvalue weighted by Crippen LogP contribution is 2.18. The molecule has 0 fully saturated rings. The Kier molecular flexibility index (Phi) is 4.52. The Labute approximate surface area is 121 Å². The first-order valence-electron chi connectivity index (χ1n) is 6.49. The molecule has 1 atom stereocenters. The lowest BCUT2D eigenvalue weighted by atomic mass is 10.1. The first-order chi connectivity index (χ1) is 9.95. The van der Waals surface area contributed by atoms with Gasteiger partial charge in [0.1, 0.15) is 11.6 Å². The molecule has 2 rings (SSSR count). The van der Waals surface area contributed by atoms with Crippen LogP contribution in [0, 0.1) is 11.6 Å². The van der Waals surface area contributed by atoms with E-state index in [0.29, 0.717) is 6.42 Å². The molecule has 2 N–H and O–H groups in total. The molecule has 5 heteroatoms. The molecule has 0 saturated heterocycles. The van der Waals surface area contributed by atoms with Crippen LogP contribution in [-0.4, -0.2) is 17.1 Å². The minimum atomic E-state index is -1.17. The van der Waals surface area contributed by atoms with E-state index < -0.39 is 11.8 Å². The maximum atomic E-state index is 13.8. The van der Waals surface area contributed by atoms with E-state index in [1.54, 1.807) is 12.1 Å². The Hall–Kier alpha value is -2.43. The predicted molar refractivity (Wildman–Crippen MR) is 76.5 cm³/mol. The van der Waals surface area contributed by atoms with E-state index in [1.165, 1.54) is 24.3 Å². The molecule has 0 radical (unpaired) electrons. The second-order valence-electron chi connectivity index (χ2n) is 4.88. The molecule has 0 heterocycles. The fourth-order valence-electron chi connectivity index (χ4n) is 2.06. The van der Waals surface area contributed by atoms with Gasteiger partial charge in [0.05, 0.1) is 11.3 Å². The van der Waals surface area contributed by atoms with E-state index in [9.17, 15) is 13.6 Å². The SMILES string of the molecule is CC(Cc1ccc(F)cc1)Nc1ccc(C(=O)O)cc1F. The van der Waals surface area contributed by atoms with E-state index in [1.807, 2.05) is 6.92 Å². The van der Waals surface area contributed by atoms with E-state index in [2.05, 4.69) is 5.32 Å². The summed E-state index contributed by atoms with van der Waals surface area (Å²) in [5.41, 5.74) is 1.08. The van der Waals surface area contributed by atoms with Crippen LogP contribution >= 0.6 is 0 Å². The molecule has 0 saturated carbocycles. The summed E-state index contributed by atoms with van der Waals surface area (Å²) in [5, 5.41) is 11.8. The summed E-state index contributed by atoms with van der Waals surface area (Å²) in [4.78, 5) is 10.7. The van der Waals surface area contributed by atoms with Crippen LogP contribution in [0.3, 0.4) is 0 Å². The van der Waals surface area contributed by atoms with Crippen molar-refractivity contribution in [3.05, 3.63) is 65.2 Å². The molecule has 2 aromatic carbocycles. The standard InChI is InChI=1S/C16H15F2NO2/c1-10(8-11-2-5-13(17)6-3-11)19-15-7-4-12(16(20)21)9-14(15)18/h2-7,9-10,19H,8H2,1H3,(H,20,21). The zero-order valence-corrected chi connectivity index (χ0v) is 11.4. The summed E-state index contributed by atoms with van der Waals surface area (Å²) in [6, 6.07) is 9.76. The summed E-state index contributed by atoms with van der Waals surface area (Å²) in [6.45, 7) is 1.87. The van der Waals surface area contributed by atoms with Crippen LogP contribution in [0.15, 0.2) is 42.5 Å². The average molecular weight is 291 g/mol. The zero-order chi connectivity index (χ0) is 15.4. The summed E-state index contributed by atoms with van der Waals surface area (Å²) in [6.07, 6.45) is 0.598. The molecule has 2 aromatic rings. The van der Waals surface area contributed by atoms with Gasteiger partial charge in [-0.25, -0.2) is 13.6 Å². The normalized spacial score (nSPS) is 12.0. The molecule has 0 aromatic heterocycles. The van der Waals surface area contributed by atoms with Crippen molar-refractivity contribution < 1.29 is 18.7 Å². The van der Waals surface area contributed by atoms with Gasteiger partial charge in [-0.05, 0) is 49.2 Å². The molecule has 0 aliphatic rings. The Bertz CT molecular complexity index is 641. The van der Waals surface area contributed by atoms with E-state index in [0.717, 1.165) is 11.6 Å². The van der Waals surface area contributed by atoms with Crippen molar-refractivity contribution in [3.8, 4) is 0 Å². The first-order valence-corrected chi connectivity index (χ1v) is 6.49. The van der Waals surface area contributed by atoms with Crippen molar-refractivity contribution >= 4 is 11.7 Å². The summed E-state index contributed by atoms with van der Waals surface area (Å²) >= 11 is 0. The number of carboxylic acid groups (broad SMARTS) is 1. The Balaban J connectivity index is 2.04. The molecule has 21 heavy (non-hydrogen) atoms. The predicted octanol–water partition coefficient (Wildman–Crippen LogP) is 3.71.